The maximum Gasteiger partial charge on any atom is 0.0703 e. The summed E-state index contributed by atoms with van der Waals surface area (Å²) in [4.78, 5) is 0. The molecule has 0 aromatic rings. The summed E-state index contributed by atoms with van der Waals surface area (Å²) in [6.07, 6.45) is 25.0. The predicted octanol–water partition coefficient (Wildman–Crippen LogP) is 7.69. The molecule has 0 N–H and O–H groups in total. The van der Waals surface area contributed by atoms with Gasteiger partial charge in [0.1, 0.15) is 0 Å². The third-order valence-corrected chi connectivity index (χ3v) is 5.80. The van der Waals surface area contributed by atoms with E-state index in [0.29, 0.717) is 6.10 Å². The van der Waals surface area contributed by atoms with E-state index in [0.717, 1.165) is 25.7 Å². The van der Waals surface area contributed by atoms with Crippen molar-refractivity contribution in [2.24, 2.45) is 5.92 Å². The summed E-state index contributed by atoms with van der Waals surface area (Å²) < 4.78 is 11.0. The van der Waals surface area contributed by atoms with Crippen LogP contribution in [0.4, 0.5) is 0 Å². The standard InChI is InChI=1S/C24H48O2/c1-23(2)26-22-21-25-20-16-11-9-7-5-3-4-6-8-10-13-17-24-18-14-12-15-19-24/h23-24H,3-22H2,1-2H3. The number of hydrogen-bond donors (Lipinski definition) is 0. The Morgan fingerprint density at radius 2 is 1.15 bits per heavy atom. The van der Waals surface area contributed by atoms with Crippen LogP contribution in [0.15, 0.2) is 0 Å². The van der Waals surface area contributed by atoms with Crippen LogP contribution in [0.2, 0.25) is 0 Å². The summed E-state index contributed by atoms with van der Waals surface area (Å²) in [6.45, 7) is 6.52. The molecule has 0 amide bonds. The molecule has 0 atom stereocenters. The van der Waals surface area contributed by atoms with Gasteiger partial charge in [-0.2, -0.15) is 0 Å². The fraction of sp³-hybridized carbons (Fsp3) is 1.00. The monoisotopic (exact) mass is 368 g/mol. The van der Waals surface area contributed by atoms with Gasteiger partial charge in [0.15, 0.2) is 0 Å². The van der Waals surface area contributed by atoms with Gasteiger partial charge in [-0.1, -0.05) is 103 Å². The summed E-state index contributed by atoms with van der Waals surface area (Å²) >= 11 is 0. The lowest BCUT2D eigenvalue weighted by atomic mass is 9.85. The highest BCUT2D eigenvalue weighted by molar-refractivity contribution is 4.65. The van der Waals surface area contributed by atoms with Gasteiger partial charge in [-0.05, 0) is 26.2 Å². The first-order chi connectivity index (χ1) is 12.8. The van der Waals surface area contributed by atoms with Gasteiger partial charge in [0.2, 0.25) is 0 Å². The fourth-order valence-electron chi connectivity index (χ4n) is 4.15. The largest absolute Gasteiger partial charge is 0.379 e. The number of unbranched alkanes of at least 4 members (excludes halogenated alkanes) is 10. The molecule has 2 nitrogen and oxygen atoms in total. The Balaban J connectivity index is 1.66. The molecule has 0 bridgehead atoms. The minimum absolute atomic E-state index is 0.320. The summed E-state index contributed by atoms with van der Waals surface area (Å²) in [5.41, 5.74) is 0. The molecule has 2 heteroatoms. The number of ether oxygens (including phenoxy) is 2. The summed E-state index contributed by atoms with van der Waals surface area (Å²) in [6, 6.07) is 0. The summed E-state index contributed by atoms with van der Waals surface area (Å²) in [5.74, 6) is 1.09. The van der Waals surface area contributed by atoms with Gasteiger partial charge in [0.05, 0.1) is 19.3 Å². The second-order valence-electron chi connectivity index (χ2n) is 8.71. The molecular weight excluding hydrogens is 320 g/mol. The van der Waals surface area contributed by atoms with Gasteiger partial charge >= 0.3 is 0 Å². The Morgan fingerprint density at radius 1 is 0.615 bits per heavy atom. The van der Waals surface area contributed by atoms with E-state index < -0.39 is 0 Å². The second-order valence-corrected chi connectivity index (χ2v) is 8.71. The first-order valence-corrected chi connectivity index (χ1v) is 12.0. The Labute approximate surface area is 164 Å². The van der Waals surface area contributed by atoms with Crippen molar-refractivity contribution in [3.63, 3.8) is 0 Å². The van der Waals surface area contributed by atoms with E-state index in [4.69, 9.17) is 9.47 Å². The number of hydrogen-bond acceptors (Lipinski definition) is 2. The third kappa shape index (κ3) is 16.1. The molecule has 1 fully saturated rings. The molecule has 26 heavy (non-hydrogen) atoms. The highest BCUT2D eigenvalue weighted by Gasteiger charge is 2.12. The molecule has 0 heterocycles. The van der Waals surface area contributed by atoms with Crippen LogP contribution in [0.3, 0.4) is 0 Å². The summed E-state index contributed by atoms with van der Waals surface area (Å²) in [7, 11) is 0. The minimum atomic E-state index is 0.320. The van der Waals surface area contributed by atoms with Crippen molar-refractivity contribution in [3.05, 3.63) is 0 Å². The quantitative estimate of drug-likeness (QED) is 0.231. The van der Waals surface area contributed by atoms with E-state index in [-0.39, 0.29) is 0 Å². The lowest BCUT2D eigenvalue weighted by molar-refractivity contribution is 0.0186. The fourth-order valence-corrected chi connectivity index (χ4v) is 4.15. The molecule has 156 valence electrons. The topological polar surface area (TPSA) is 18.5 Å². The zero-order chi connectivity index (χ0) is 18.7. The molecule has 1 aliphatic rings. The average Bonchev–Trinajstić information content (AvgIpc) is 2.65. The van der Waals surface area contributed by atoms with Gasteiger partial charge in [0, 0.05) is 6.61 Å². The lowest BCUT2D eigenvalue weighted by Crippen LogP contribution is -2.10. The molecule has 1 rings (SSSR count). The van der Waals surface area contributed by atoms with Crippen molar-refractivity contribution < 1.29 is 9.47 Å². The lowest BCUT2D eigenvalue weighted by Gasteiger charge is -2.21. The Morgan fingerprint density at radius 3 is 1.73 bits per heavy atom. The molecule has 0 spiro atoms. The van der Waals surface area contributed by atoms with Crippen molar-refractivity contribution in [2.45, 2.75) is 129 Å². The molecule has 1 aliphatic carbocycles. The molecule has 0 radical (unpaired) electrons. The molecule has 0 aromatic heterocycles. The zero-order valence-corrected chi connectivity index (χ0v) is 18.1. The van der Waals surface area contributed by atoms with Gasteiger partial charge in [-0.15, -0.1) is 0 Å². The van der Waals surface area contributed by atoms with Crippen LogP contribution in [0.5, 0.6) is 0 Å². The van der Waals surface area contributed by atoms with Crippen molar-refractivity contribution in [3.8, 4) is 0 Å². The van der Waals surface area contributed by atoms with Crippen LogP contribution in [-0.4, -0.2) is 25.9 Å². The van der Waals surface area contributed by atoms with E-state index in [1.165, 1.54) is 109 Å². The van der Waals surface area contributed by atoms with Gasteiger partial charge in [0.25, 0.3) is 0 Å². The first-order valence-electron chi connectivity index (χ1n) is 12.0. The van der Waals surface area contributed by atoms with E-state index >= 15 is 0 Å². The maximum absolute atomic E-state index is 5.59. The Kier molecular flexibility index (Phi) is 16.9. The average molecular weight is 369 g/mol. The molecule has 0 aromatic carbocycles. The maximum atomic E-state index is 5.59. The van der Waals surface area contributed by atoms with Crippen molar-refractivity contribution in [1.82, 2.24) is 0 Å². The van der Waals surface area contributed by atoms with Crippen molar-refractivity contribution in [2.75, 3.05) is 19.8 Å². The van der Waals surface area contributed by atoms with E-state index in [9.17, 15) is 0 Å². The molecule has 0 unspecified atom stereocenters. The second kappa shape index (κ2) is 18.3. The normalized spacial score (nSPS) is 15.8. The van der Waals surface area contributed by atoms with E-state index in [2.05, 4.69) is 13.8 Å². The Bertz CT molecular complexity index is 271. The van der Waals surface area contributed by atoms with E-state index in [1.807, 2.05) is 0 Å². The van der Waals surface area contributed by atoms with E-state index in [1.54, 1.807) is 0 Å². The molecule has 0 saturated heterocycles. The van der Waals surface area contributed by atoms with Crippen LogP contribution < -0.4 is 0 Å². The highest BCUT2D eigenvalue weighted by atomic mass is 16.5. The van der Waals surface area contributed by atoms with Crippen LogP contribution in [0.25, 0.3) is 0 Å². The van der Waals surface area contributed by atoms with Gasteiger partial charge in [-0.25, -0.2) is 0 Å². The van der Waals surface area contributed by atoms with Crippen molar-refractivity contribution in [1.29, 1.82) is 0 Å². The van der Waals surface area contributed by atoms with Crippen LogP contribution in [0, 0.1) is 5.92 Å². The van der Waals surface area contributed by atoms with Crippen LogP contribution >= 0.6 is 0 Å². The molecule has 1 saturated carbocycles. The van der Waals surface area contributed by atoms with Crippen LogP contribution in [0.1, 0.15) is 123 Å². The Hall–Kier alpha value is -0.0800. The molecular formula is C24H48O2. The predicted molar refractivity (Wildman–Crippen MR) is 114 cm³/mol. The smallest absolute Gasteiger partial charge is 0.0703 e. The minimum Gasteiger partial charge on any atom is -0.379 e. The molecule has 0 aliphatic heterocycles. The first kappa shape index (κ1) is 24.0. The SMILES string of the molecule is CC(C)OCCOCCCCCCCCCCCCCC1CCCCC1. The zero-order valence-electron chi connectivity index (χ0n) is 18.1. The van der Waals surface area contributed by atoms with Gasteiger partial charge < -0.3 is 9.47 Å². The van der Waals surface area contributed by atoms with Crippen molar-refractivity contribution >= 4 is 0 Å². The highest BCUT2D eigenvalue weighted by Crippen LogP contribution is 2.28. The van der Waals surface area contributed by atoms with Gasteiger partial charge in [-0.3, -0.25) is 0 Å². The summed E-state index contributed by atoms with van der Waals surface area (Å²) in [5, 5.41) is 0. The van der Waals surface area contributed by atoms with Crippen LogP contribution in [-0.2, 0) is 9.47 Å². The third-order valence-electron chi connectivity index (χ3n) is 5.80. The number of rotatable bonds is 18.